The molecule has 3 aromatic rings. The Kier molecular flexibility index (Phi) is 5.81. The van der Waals surface area contributed by atoms with Crippen LogP contribution in [0.25, 0.3) is 5.82 Å². The first-order valence-electron chi connectivity index (χ1n) is 10.4. The third kappa shape index (κ3) is 4.20. The van der Waals surface area contributed by atoms with E-state index in [2.05, 4.69) is 15.3 Å². The monoisotopic (exact) mass is 441 g/mol. The molecule has 3 heterocycles. The van der Waals surface area contributed by atoms with Gasteiger partial charge in [0.05, 0.1) is 4.90 Å². The van der Waals surface area contributed by atoms with Crippen LogP contribution in [-0.2, 0) is 10.0 Å². The Morgan fingerprint density at radius 3 is 2.23 bits per heavy atom. The summed E-state index contributed by atoms with van der Waals surface area (Å²) in [5.74, 6) is 1.04. The summed E-state index contributed by atoms with van der Waals surface area (Å²) < 4.78 is 36.0. The quantitative estimate of drug-likeness (QED) is 0.604. The lowest BCUT2D eigenvalue weighted by Crippen LogP contribution is -2.42. The van der Waals surface area contributed by atoms with Gasteiger partial charge in [0, 0.05) is 31.5 Å². The van der Waals surface area contributed by atoms with E-state index < -0.39 is 10.0 Å². The van der Waals surface area contributed by atoms with Crippen LogP contribution in [-0.4, -0.2) is 51.9 Å². The second-order valence-corrected chi connectivity index (χ2v) is 9.87. The van der Waals surface area contributed by atoms with Crippen molar-refractivity contribution in [1.29, 1.82) is 0 Å². The lowest BCUT2D eigenvalue weighted by Gasteiger charge is -2.32. The minimum Gasteiger partial charge on any atom is -0.473 e. The van der Waals surface area contributed by atoms with Crippen molar-refractivity contribution >= 4 is 10.0 Å². The summed E-state index contributed by atoms with van der Waals surface area (Å²) in [6, 6.07) is 7.41. The number of nitrogens with zero attached hydrogens (tertiary/aromatic N) is 5. The molecule has 1 aliphatic rings. The smallest absolute Gasteiger partial charge is 0.243 e. The van der Waals surface area contributed by atoms with Crippen molar-refractivity contribution in [3.8, 4) is 11.7 Å². The van der Waals surface area contributed by atoms with Crippen molar-refractivity contribution in [2.45, 2.75) is 51.5 Å². The van der Waals surface area contributed by atoms with Crippen LogP contribution in [0.2, 0.25) is 0 Å². The highest BCUT2D eigenvalue weighted by molar-refractivity contribution is 7.89. The molecule has 0 bridgehead atoms. The van der Waals surface area contributed by atoms with Crippen LogP contribution in [0.4, 0.5) is 0 Å². The largest absolute Gasteiger partial charge is 0.473 e. The Balaban J connectivity index is 1.43. The number of ether oxygens (including phenoxy) is 1. The molecule has 1 saturated heterocycles. The van der Waals surface area contributed by atoms with Gasteiger partial charge in [0.1, 0.15) is 6.10 Å². The fraction of sp³-hybridized carbons (Fsp3) is 0.409. The van der Waals surface area contributed by atoms with Gasteiger partial charge in [0.15, 0.2) is 5.82 Å². The number of rotatable bonds is 5. The van der Waals surface area contributed by atoms with E-state index >= 15 is 0 Å². The molecule has 31 heavy (non-hydrogen) atoms. The third-order valence-corrected chi connectivity index (χ3v) is 8.12. The summed E-state index contributed by atoms with van der Waals surface area (Å²) in [6.07, 6.45) is 4.57. The maximum absolute atomic E-state index is 13.4. The normalized spacial score (nSPS) is 15.9. The molecule has 0 radical (unpaired) electrons. The molecule has 2 aromatic heterocycles. The number of aromatic nitrogens is 4. The molecule has 1 aromatic carbocycles. The highest BCUT2D eigenvalue weighted by atomic mass is 32.2. The molecule has 164 valence electrons. The number of hydrogen-bond donors (Lipinski definition) is 0. The molecule has 1 fully saturated rings. The highest BCUT2D eigenvalue weighted by Crippen LogP contribution is 2.30. The number of sulfonamides is 1. The summed E-state index contributed by atoms with van der Waals surface area (Å²) in [7, 11) is -3.56. The zero-order valence-electron chi connectivity index (χ0n) is 18.2. The standard InChI is InChI=1S/C22H27N5O3S/c1-15-14-16(2)18(4)22(17(15)3)31(28,29)26-12-8-19(9-13-26)30-21-7-6-20(24-25-21)27-11-5-10-23-27/h5-7,10-11,14,19H,8-9,12-13H2,1-4H3. The van der Waals surface area contributed by atoms with E-state index in [1.165, 1.54) is 0 Å². The molecule has 4 rings (SSSR count). The van der Waals surface area contributed by atoms with Crippen molar-refractivity contribution in [3.05, 3.63) is 58.9 Å². The van der Waals surface area contributed by atoms with Gasteiger partial charge in [-0.3, -0.25) is 0 Å². The van der Waals surface area contributed by atoms with Gasteiger partial charge < -0.3 is 4.74 Å². The predicted molar refractivity (Wildman–Crippen MR) is 117 cm³/mol. The molecule has 0 atom stereocenters. The number of aryl methyl sites for hydroxylation is 2. The molecule has 0 saturated carbocycles. The van der Waals surface area contributed by atoms with Gasteiger partial charge in [-0.05, 0) is 74.9 Å². The fourth-order valence-electron chi connectivity index (χ4n) is 3.96. The van der Waals surface area contributed by atoms with Gasteiger partial charge in [-0.2, -0.15) is 9.40 Å². The third-order valence-electron chi connectivity index (χ3n) is 5.95. The summed E-state index contributed by atoms with van der Waals surface area (Å²) in [6.45, 7) is 8.51. The van der Waals surface area contributed by atoms with E-state index in [1.54, 1.807) is 33.5 Å². The van der Waals surface area contributed by atoms with Crippen molar-refractivity contribution < 1.29 is 13.2 Å². The Hall–Kier alpha value is -2.78. The van der Waals surface area contributed by atoms with Gasteiger partial charge in [0.2, 0.25) is 15.9 Å². The molecule has 8 nitrogen and oxygen atoms in total. The first-order valence-corrected chi connectivity index (χ1v) is 11.8. The fourth-order valence-corrected chi connectivity index (χ4v) is 6.01. The number of piperidine rings is 1. The predicted octanol–water partition coefficient (Wildman–Crippen LogP) is 3.13. The maximum Gasteiger partial charge on any atom is 0.243 e. The first kappa shape index (κ1) is 21.5. The molecule has 0 aliphatic carbocycles. The SMILES string of the molecule is Cc1cc(C)c(C)c(S(=O)(=O)N2CCC(Oc3ccc(-n4cccn4)nn3)CC2)c1C. The average molecular weight is 442 g/mol. The molecule has 1 aliphatic heterocycles. The van der Waals surface area contributed by atoms with Crippen LogP contribution in [0.15, 0.2) is 41.6 Å². The van der Waals surface area contributed by atoms with Gasteiger partial charge in [-0.15, -0.1) is 10.2 Å². The van der Waals surface area contributed by atoms with Crippen LogP contribution in [0.3, 0.4) is 0 Å². The Morgan fingerprint density at radius 2 is 1.68 bits per heavy atom. The summed E-state index contributed by atoms with van der Waals surface area (Å²) in [4.78, 5) is 0.449. The topological polar surface area (TPSA) is 90.2 Å². The minimum absolute atomic E-state index is 0.0993. The lowest BCUT2D eigenvalue weighted by atomic mass is 10.0. The van der Waals surface area contributed by atoms with Crippen molar-refractivity contribution in [2.75, 3.05) is 13.1 Å². The molecule has 0 unspecified atom stereocenters. The van der Waals surface area contributed by atoms with Gasteiger partial charge in [0.25, 0.3) is 0 Å². The average Bonchev–Trinajstić information content (AvgIpc) is 3.28. The van der Waals surface area contributed by atoms with E-state index in [9.17, 15) is 8.42 Å². The van der Waals surface area contributed by atoms with E-state index in [4.69, 9.17) is 4.74 Å². The summed E-state index contributed by atoms with van der Waals surface area (Å²) >= 11 is 0. The van der Waals surface area contributed by atoms with Crippen LogP contribution in [0.1, 0.15) is 35.1 Å². The lowest BCUT2D eigenvalue weighted by molar-refractivity contribution is 0.128. The van der Waals surface area contributed by atoms with Crippen LogP contribution in [0, 0.1) is 27.7 Å². The molecule has 0 N–H and O–H groups in total. The second-order valence-electron chi connectivity index (χ2n) is 7.99. The highest BCUT2D eigenvalue weighted by Gasteiger charge is 2.33. The zero-order chi connectivity index (χ0) is 22.2. The van der Waals surface area contributed by atoms with Gasteiger partial charge >= 0.3 is 0 Å². The van der Waals surface area contributed by atoms with E-state index in [0.29, 0.717) is 42.5 Å². The van der Waals surface area contributed by atoms with Crippen molar-refractivity contribution in [3.63, 3.8) is 0 Å². The Morgan fingerprint density at radius 1 is 1.00 bits per heavy atom. The molecule has 0 amide bonds. The second kappa shape index (κ2) is 8.39. The van der Waals surface area contributed by atoms with E-state index in [0.717, 1.165) is 22.3 Å². The molecule has 9 heteroatoms. The van der Waals surface area contributed by atoms with Crippen LogP contribution in [0.5, 0.6) is 5.88 Å². The molecular weight excluding hydrogens is 414 g/mol. The summed E-state index contributed by atoms with van der Waals surface area (Å²) in [5.41, 5.74) is 3.65. The number of hydrogen-bond acceptors (Lipinski definition) is 6. The van der Waals surface area contributed by atoms with Gasteiger partial charge in [-0.1, -0.05) is 6.07 Å². The van der Waals surface area contributed by atoms with Gasteiger partial charge in [-0.25, -0.2) is 13.1 Å². The summed E-state index contributed by atoms with van der Waals surface area (Å²) in [5, 5.41) is 12.4. The van der Waals surface area contributed by atoms with Crippen LogP contribution >= 0.6 is 0 Å². The number of benzene rings is 1. The van der Waals surface area contributed by atoms with Crippen molar-refractivity contribution in [1.82, 2.24) is 24.3 Å². The Labute approximate surface area is 182 Å². The minimum atomic E-state index is -3.56. The molecule has 0 spiro atoms. The Bertz CT molecular complexity index is 1140. The van der Waals surface area contributed by atoms with Crippen molar-refractivity contribution in [2.24, 2.45) is 0 Å². The van der Waals surface area contributed by atoms with E-state index in [-0.39, 0.29) is 6.10 Å². The van der Waals surface area contributed by atoms with E-state index in [1.807, 2.05) is 39.8 Å². The molecular formula is C22H27N5O3S. The van der Waals surface area contributed by atoms with Crippen LogP contribution < -0.4 is 4.74 Å². The zero-order valence-corrected chi connectivity index (χ0v) is 19.1. The first-order chi connectivity index (χ1) is 14.8. The maximum atomic E-state index is 13.4.